The smallest absolute Gasteiger partial charge is 0.0287 e. The Morgan fingerprint density at radius 1 is 1.30 bits per heavy atom. The van der Waals surface area contributed by atoms with E-state index in [1.54, 1.807) is 0 Å². The summed E-state index contributed by atoms with van der Waals surface area (Å²) in [5, 5.41) is 0. The van der Waals surface area contributed by atoms with Gasteiger partial charge in [0, 0.05) is 0 Å². The molecule has 0 fully saturated rings. The third kappa shape index (κ3) is 7.22. The Morgan fingerprint density at radius 2 is 1.90 bits per heavy atom. The summed E-state index contributed by atoms with van der Waals surface area (Å²) in [6.07, 6.45) is 8.22. The van der Waals surface area contributed by atoms with Gasteiger partial charge >= 0.3 is 0 Å². The van der Waals surface area contributed by atoms with Crippen LogP contribution in [0.5, 0.6) is 0 Å². The Bertz CT molecular complexity index is 147. The van der Waals surface area contributed by atoms with Crippen molar-refractivity contribution < 1.29 is 0 Å². The highest BCUT2D eigenvalue weighted by Gasteiger charge is 1.78. The lowest BCUT2D eigenvalue weighted by Crippen LogP contribution is -1.74. The molecular weight excluding hydrogens is 120 g/mol. The molecule has 56 valence electrons. The monoisotopic (exact) mass is 136 g/mol. The minimum absolute atomic E-state index is 0.634. The van der Waals surface area contributed by atoms with Crippen molar-refractivity contribution in [2.24, 2.45) is 5.92 Å². The Morgan fingerprint density at radius 3 is 2.30 bits per heavy atom. The minimum atomic E-state index is 0.634. The third-order valence-electron chi connectivity index (χ3n) is 0.988. The standard InChI is InChI=1S/C10H16/c1-9(2)7-5-6-8-10(3)4/h5-8,10H,1H2,2-4H3/b7-5-,8-6-. The molecule has 10 heavy (non-hydrogen) atoms. The van der Waals surface area contributed by atoms with Crippen molar-refractivity contribution in [1.82, 2.24) is 0 Å². The second kappa shape index (κ2) is 5.04. The first-order valence-electron chi connectivity index (χ1n) is 3.63. The van der Waals surface area contributed by atoms with E-state index in [9.17, 15) is 0 Å². The molecule has 0 aromatic heterocycles. The van der Waals surface area contributed by atoms with Crippen LogP contribution in [0.25, 0.3) is 0 Å². The number of allylic oxidation sites excluding steroid dienone is 5. The summed E-state index contributed by atoms with van der Waals surface area (Å²) in [4.78, 5) is 0. The summed E-state index contributed by atoms with van der Waals surface area (Å²) < 4.78 is 0. The zero-order valence-corrected chi connectivity index (χ0v) is 7.09. The second-order valence-electron chi connectivity index (χ2n) is 2.83. The first-order chi connectivity index (χ1) is 4.63. The van der Waals surface area contributed by atoms with E-state index in [0.717, 1.165) is 5.57 Å². The first-order valence-corrected chi connectivity index (χ1v) is 3.63. The fourth-order valence-electron chi connectivity index (χ4n) is 0.506. The van der Waals surface area contributed by atoms with E-state index in [2.05, 4.69) is 32.6 Å². The van der Waals surface area contributed by atoms with Crippen molar-refractivity contribution in [3.05, 3.63) is 36.5 Å². The van der Waals surface area contributed by atoms with E-state index in [1.807, 2.05) is 19.1 Å². The van der Waals surface area contributed by atoms with Crippen LogP contribution in [0.4, 0.5) is 0 Å². The van der Waals surface area contributed by atoms with Gasteiger partial charge in [0.15, 0.2) is 0 Å². The maximum absolute atomic E-state index is 3.75. The van der Waals surface area contributed by atoms with Crippen LogP contribution in [0.2, 0.25) is 0 Å². The molecule has 0 saturated heterocycles. The quantitative estimate of drug-likeness (QED) is 0.522. The van der Waals surface area contributed by atoms with Crippen LogP contribution in [-0.4, -0.2) is 0 Å². The molecule has 0 radical (unpaired) electrons. The van der Waals surface area contributed by atoms with E-state index in [4.69, 9.17) is 0 Å². The maximum Gasteiger partial charge on any atom is -0.0287 e. The van der Waals surface area contributed by atoms with Crippen LogP contribution in [-0.2, 0) is 0 Å². The lowest BCUT2D eigenvalue weighted by Gasteiger charge is -1.89. The van der Waals surface area contributed by atoms with E-state index >= 15 is 0 Å². The molecule has 0 bridgehead atoms. The second-order valence-corrected chi connectivity index (χ2v) is 2.83. The lowest BCUT2D eigenvalue weighted by molar-refractivity contribution is 0.832. The molecule has 0 aromatic rings. The van der Waals surface area contributed by atoms with E-state index < -0.39 is 0 Å². The molecule has 0 amide bonds. The summed E-state index contributed by atoms with van der Waals surface area (Å²) in [6.45, 7) is 10.1. The highest BCUT2D eigenvalue weighted by atomic mass is 13.8. The Labute approximate surface area is 64.0 Å². The van der Waals surface area contributed by atoms with Crippen LogP contribution in [0.1, 0.15) is 20.8 Å². The predicted molar refractivity (Wildman–Crippen MR) is 47.9 cm³/mol. The van der Waals surface area contributed by atoms with Gasteiger partial charge in [-0.2, -0.15) is 0 Å². The van der Waals surface area contributed by atoms with Gasteiger partial charge < -0.3 is 0 Å². The SMILES string of the molecule is C=C(C)/C=C\C=C/C(C)C. The molecule has 0 spiro atoms. The average Bonchev–Trinajstić information content (AvgIpc) is 1.79. The summed E-state index contributed by atoms with van der Waals surface area (Å²) in [7, 11) is 0. The molecule has 0 unspecified atom stereocenters. The predicted octanol–water partition coefficient (Wildman–Crippen LogP) is 3.33. The lowest BCUT2D eigenvalue weighted by atomic mass is 10.2. The topological polar surface area (TPSA) is 0 Å². The molecule has 0 aliphatic heterocycles. The Kier molecular flexibility index (Phi) is 4.65. The van der Waals surface area contributed by atoms with Gasteiger partial charge in [-0.3, -0.25) is 0 Å². The van der Waals surface area contributed by atoms with Crippen molar-refractivity contribution in [3.8, 4) is 0 Å². The van der Waals surface area contributed by atoms with Crippen molar-refractivity contribution in [2.45, 2.75) is 20.8 Å². The molecule has 0 nitrogen and oxygen atoms in total. The van der Waals surface area contributed by atoms with Crippen molar-refractivity contribution in [2.75, 3.05) is 0 Å². The van der Waals surface area contributed by atoms with Gasteiger partial charge in [-0.05, 0) is 12.8 Å². The maximum atomic E-state index is 3.75. The minimum Gasteiger partial charge on any atom is -0.0961 e. The van der Waals surface area contributed by atoms with Gasteiger partial charge in [0.2, 0.25) is 0 Å². The first kappa shape index (κ1) is 9.22. The number of hydrogen-bond donors (Lipinski definition) is 0. The van der Waals surface area contributed by atoms with Crippen molar-refractivity contribution in [1.29, 1.82) is 0 Å². The summed E-state index contributed by atoms with van der Waals surface area (Å²) in [5.41, 5.74) is 1.09. The molecule has 0 heteroatoms. The van der Waals surface area contributed by atoms with Crippen LogP contribution in [0, 0.1) is 5.92 Å². The van der Waals surface area contributed by atoms with E-state index in [1.165, 1.54) is 0 Å². The molecule has 0 aliphatic carbocycles. The van der Waals surface area contributed by atoms with Gasteiger partial charge in [0.25, 0.3) is 0 Å². The van der Waals surface area contributed by atoms with Crippen LogP contribution in [0.15, 0.2) is 36.5 Å². The average molecular weight is 136 g/mol. The van der Waals surface area contributed by atoms with Crippen molar-refractivity contribution >= 4 is 0 Å². The van der Waals surface area contributed by atoms with Gasteiger partial charge in [0.1, 0.15) is 0 Å². The molecule has 0 rings (SSSR count). The van der Waals surface area contributed by atoms with Gasteiger partial charge in [-0.1, -0.05) is 50.3 Å². The van der Waals surface area contributed by atoms with Crippen LogP contribution >= 0.6 is 0 Å². The normalized spacial score (nSPS) is 12.0. The Hall–Kier alpha value is -0.780. The molecule has 0 aliphatic rings. The number of rotatable bonds is 3. The van der Waals surface area contributed by atoms with Gasteiger partial charge in [-0.15, -0.1) is 0 Å². The zero-order valence-electron chi connectivity index (χ0n) is 7.09. The van der Waals surface area contributed by atoms with E-state index in [-0.39, 0.29) is 0 Å². The van der Waals surface area contributed by atoms with Gasteiger partial charge in [-0.25, -0.2) is 0 Å². The summed E-state index contributed by atoms with van der Waals surface area (Å²) in [6, 6.07) is 0. The van der Waals surface area contributed by atoms with Crippen LogP contribution in [0.3, 0.4) is 0 Å². The highest BCUT2D eigenvalue weighted by molar-refractivity contribution is 5.16. The summed E-state index contributed by atoms with van der Waals surface area (Å²) >= 11 is 0. The highest BCUT2D eigenvalue weighted by Crippen LogP contribution is 1.95. The fraction of sp³-hybridized carbons (Fsp3) is 0.400. The van der Waals surface area contributed by atoms with Gasteiger partial charge in [0.05, 0.1) is 0 Å². The molecular formula is C10H16. The largest absolute Gasteiger partial charge is 0.0961 e. The Balaban J connectivity index is 3.62. The van der Waals surface area contributed by atoms with E-state index in [0.29, 0.717) is 5.92 Å². The zero-order chi connectivity index (χ0) is 7.98. The number of hydrogen-bond acceptors (Lipinski definition) is 0. The third-order valence-corrected chi connectivity index (χ3v) is 0.988. The molecule has 0 aromatic carbocycles. The fourth-order valence-corrected chi connectivity index (χ4v) is 0.506. The summed E-state index contributed by atoms with van der Waals surface area (Å²) in [5.74, 6) is 0.634. The van der Waals surface area contributed by atoms with Crippen molar-refractivity contribution in [3.63, 3.8) is 0 Å². The molecule has 0 atom stereocenters. The molecule has 0 saturated carbocycles. The molecule has 0 N–H and O–H groups in total. The molecule has 0 heterocycles. The van der Waals surface area contributed by atoms with Crippen LogP contribution < -0.4 is 0 Å².